The lowest BCUT2D eigenvalue weighted by Crippen LogP contribution is -2.36. The van der Waals surface area contributed by atoms with E-state index in [0.29, 0.717) is 24.4 Å². The fourth-order valence-corrected chi connectivity index (χ4v) is 3.38. The largest absolute Gasteiger partial charge is 0.352 e. The molecule has 3 nitrogen and oxygen atoms in total. The number of amides is 1. The number of rotatable bonds is 4. The molecule has 2 fully saturated rings. The van der Waals surface area contributed by atoms with Crippen LogP contribution < -0.4 is 11.1 Å². The maximum absolute atomic E-state index is 12.3. The van der Waals surface area contributed by atoms with Gasteiger partial charge in [0, 0.05) is 17.9 Å². The lowest BCUT2D eigenvalue weighted by Gasteiger charge is -2.17. The van der Waals surface area contributed by atoms with Crippen molar-refractivity contribution in [1.82, 2.24) is 5.32 Å². The summed E-state index contributed by atoms with van der Waals surface area (Å²) < 4.78 is 0. The highest BCUT2D eigenvalue weighted by Crippen LogP contribution is 2.41. The number of hydrogen-bond acceptors (Lipinski definition) is 2. The average molecular weight is 258 g/mol. The van der Waals surface area contributed by atoms with E-state index >= 15 is 0 Å². The molecule has 0 bridgehead atoms. The van der Waals surface area contributed by atoms with E-state index in [1.165, 1.54) is 5.56 Å². The van der Waals surface area contributed by atoms with Crippen LogP contribution in [0.25, 0.3) is 0 Å². The van der Waals surface area contributed by atoms with Crippen LogP contribution in [0.1, 0.15) is 37.2 Å². The normalized spacial score (nSPS) is 33.1. The first-order chi connectivity index (χ1) is 9.29. The van der Waals surface area contributed by atoms with Gasteiger partial charge in [-0.05, 0) is 37.3 Å². The van der Waals surface area contributed by atoms with Crippen molar-refractivity contribution in [1.29, 1.82) is 0 Å². The molecule has 1 aromatic rings. The molecular weight excluding hydrogens is 236 g/mol. The maximum Gasteiger partial charge on any atom is 0.223 e. The molecule has 4 unspecified atom stereocenters. The molecule has 4 atom stereocenters. The Kier molecular flexibility index (Phi) is 3.56. The van der Waals surface area contributed by atoms with Gasteiger partial charge in [0.05, 0.1) is 0 Å². The summed E-state index contributed by atoms with van der Waals surface area (Å²) in [5, 5.41) is 3.21. The summed E-state index contributed by atoms with van der Waals surface area (Å²) in [5.74, 6) is 1.30. The predicted octanol–water partition coefficient (Wildman–Crippen LogP) is 2.03. The Morgan fingerprint density at radius 1 is 1.26 bits per heavy atom. The van der Waals surface area contributed by atoms with E-state index < -0.39 is 0 Å². The van der Waals surface area contributed by atoms with Crippen molar-refractivity contribution in [3.8, 4) is 0 Å². The second kappa shape index (κ2) is 5.33. The van der Waals surface area contributed by atoms with Gasteiger partial charge in [0.25, 0.3) is 0 Å². The summed E-state index contributed by atoms with van der Waals surface area (Å²) in [6.45, 7) is 0.644. The zero-order valence-electron chi connectivity index (χ0n) is 11.2. The zero-order chi connectivity index (χ0) is 13.2. The first kappa shape index (κ1) is 12.7. The Morgan fingerprint density at radius 3 is 2.79 bits per heavy atom. The van der Waals surface area contributed by atoms with E-state index in [2.05, 4.69) is 29.6 Å². The standard InChI is InChI=1S/C16H22N2O/c17-10-12-7-4-8-13(12)16(19)18-15-9-14(15)11-5-2-1-3-6-11/h1-3,5-6,12-15H,4,7-10,17H2,(H,18,19). The highest BCUT2D eigenvalue weighted by molar-refractivity contribution is 5.80. The van der Waals surface area contributed by atoms with Gasteiger partial charge in [-0.3, -0.25) is 4.79 Å². The average Bonchev–Trinajstić information content (AvgIpc) is 3.04. The number of nitrogens with one attached hydrogen (secondary N) is 1. The second-order valence-electron chi connectivity index (χ2n) is 5.90. The summed E-state index contributed by atoms with van der Waals surface area (Å²) in [4.78, 5) is 12.3. The molecule has 3 N–H and O–H groups in total. The fraction of sp³-hybridized carbons (Fsp3) is 0.562. The Labute approximate surface area is 114 Å². The SMILES string of the molecule is NCC1CCCC1C(=O)NC1CC1c1ccccc1. The molecule has 2 saturated carbocycles. The van der Waals surface area contributed by atoms with Gasteiger partial charge in [0.2, 0.25) is 5.91 Å². The molecule has 0 aromatic heterocycles. The van der Waals surface area contributed by atoms with Gasteiger partial charge in [-0.1, -0.05) is 36.8 Å². The quantitative estimate of drug-likeness (QED) is 0.868. The third kappa shape index (κ3) is 2.66. The Balaban J connectivity index is 1.55. The van der Waals surface area contributed by atoms with Gasteiger partial charge in [0.1, 0.15) is 0 Å². The first-order valence-electron chi connectivity index (χ1n) is 7.35. The van der Waals surface area contributed by atoms with Gasteiger partial charge >= 0.3 is 0 Å². The second-order valence-corrected chi connectivity index (χ2v) is 5.90. The van der Waals surface area contributed by atoms with Crippen molar-refractivity contribution in [2.45, 2.75) is 37.6 Å². The van der Waals surface area contributed by atoms with Crippen molar-refractivity contribution >= 4 is 5.91 Å². The number of carbonyl (C=O) groups is 1. The van der Waals surface area contributed by atoms with Crippen molar-refractivity contribution < 1.29 is 4.79 Å². The van der Waals surface area contributed by atoms with E-state index in [-0.39, 0.29) is 11.8 Å². The van der Waals surface area contributed by atoms with Crippen molar-refractivity contribution in [2.75, 3.05) is 6.54 Å². The number of nitrogens with two attached hydrogens (primary N) is 1. The van der Waals surface area contributed by atoms with E-state index in [1.54, 1.807) is 0 Å². The minimum Gasteiger partial charge on any atom is -0.352 e. The van der Waals surface area contributed by atoms with Crippen LogP contribution in [0.3, 0.4) is 0 Å². The molecule has 3 heteroatoms. The van der Waals surface area contributed by atoms with Crippen molar-refractivity contribution in [3.05, 3.63) is 35.9 Å². The Morgan fingerprint density at radius 2 is 2.05 bits per heavy atom. The number of carbonyl (C=O) groups excluding carboxylic acids is 1. The molecule has 3 rings (SSSR count). The van der Waals surface area contributed by atoms with Crippen LogP contribution in [-0.2, 0) is 4.79 Å². The molecular formula is C16H22N2O. The third-order valence-electron chi connectivity index (χ3n) is 4.64. The molecule has 2 aliphatic rings. The van der Waals surface area contributed by atoms with Crippen LogP contribution in [-0.4, -0.2) is 18.5 Å². The smallest absolute Gasteiger partial charge is 0.223 e. The monoisotopic (exact) mass is 258 g/mol. The zero-order valence-corrected chi connectivity index (χ0v) is 11.2. The van der Waals surface area contributed by atoms with Crippen LogP contribution in [0, 0.1) is 11.8 Å². The van der Waals surface area contributed by atoms with Gasteiger partial charge in [-0.2, -0.15) is 0 Å². The molecule has 0 heterocycles. The van der Waals surface area contributed by atoms with Gasteiger partial charge in [0.15, 0.2) is 0 Å². The van der Waals surface area contributed by atoms with Gasteiger partial charge in [-0.15, -0.1) is 0 Å². The Hall–Kier alpha value is -1.35. The fourth-order valence-electron chi connectivity index (χ4n) is 3.38. The summed E-state index contributed by atoms with van der Waals surface area (Å²) >= 11 is 0. The highest BCUT2D eigenvalue weighted by atomic mass is 16.2. The highest BCUT2D eigenvalue weighted by Gasteiger charge is 2.41. The minimum absolute atomic E-state index is 0.155. The van der Waals surface area contributed by atoms with E-state index in [9.17, 15) is 4.79 Å². The predicted molar refractivity (Wildman–Crippen MR) is 75.6 cm³/mol. The number of hydrogen-bond donors (Lipinski definition) is 2. The lowest BCUT2D eigenvalue weighted by molar-refractivity contribution is -0.126. The molecule has 0 aliphatic heterocycles. The van der Waals surface area contributed by atoms with Crippen LogP contribution in [0.5, 0.6) is 0 Å². The summed E-state index contributed by atoms with van der Waals surface area (Å²) in [5.41, 5.74) is 7.09. The minimum atomic E-state index is 0.155. The third-order valence-corrected chi connectivity index (χ3v) is 4.64. The summed E-state index contributed by atoms with van der Waals surface area (Å²) in [6, 6.07) is 10.8. The van der Waals surface area contributed by atoms with E-state index in [0.717, 1.165) is 25.7 Å². The maximum atomic E-state index is 12.3. The van der Waals surface area contributed by atoms with Crippen molar-refractivity contribution in [3.63, 3.8) is 0 Å². The number of benzene rings is 1. The van der Waals surface area contributed by atoms with Gasteiger partial charge in [-0.25, -0.2) is 0 Å². The Bertz CT molecular complexity index is 445. The van der Waals surface area contributed by atoms with Gasteiger partial charge < -0.3 is 11.1 Å². The summed E-state index contributed by atoms with van der Waals surface area (Å²) in [7, 11) is 0. The van der Waals surface area contributed by atoms with Crippen molar-refractivity contribution in [2.24, 2.45) is 17.6 Å². The molecule has 19 heavy (non-hydrogen) atoms. The van der Waals surface area contributed by atoms with Crippen LogP contribution >= 0.6 is 0 Å². The first-order valence-corrected chi connectivity index (χ1v) is 7.35. The molecule has 102 valence electrons. The molecule has 1 aromatic carbocycles. The van der Waals surface area contributed by atoms with E-state index in [4.69, 9.17) is 5.73 Å². The molecule has 2 aliphatic carbocycles. The van der Waals surface area contributed by atoms with Crippen LogP contribution in [0.15, 0.2) is 30.3 Å². The van der Waals surface area contributed by atoms with Crippen LogP contribution in [0.4, 0.5) is 0 Å². The lowest BCUT2D eigenvalue weighted by atomic mass is 9.95. The molecule has 0 saturated heterocycles. The molecule has 0 radical (unpaired) electrons. The molecule has 0 spiro atoms. The molecule has 1 amide bonds. The van der Waals surface area contributed by atoms with E-state index in [1.807, 2.05) is 6.07 Å². The topological polar surface area (TPSA) is 55.1 Å². The van der Waals surface area contributed by atoms with Crippen LogP contribution in [0.2, 0.25) is 0 Å². The summed E-state index contributed by atoms with van der Waals surface area (Å²) in [6.07, 6.45) is 4.35.